The van der Waals surface area contributed by atoms with Gasteiger partial charge in [-0.15, -0.1) is 0 Å². The minimum atomic E-state index is -0.766. The zero-order valence-electron chi connectivity index (χ0n) is 14.8. The molecule has 6 nitrogen and oxygen atoms in total. The Morgan fingerprint density at radius 3 is 2.82 bits per heavy atom. The molecular formula is C19H16F2N4O2S. The average molecular weight is 402 g/mol. The highest BCUT2D eigenvalue weighted by atomic mass is 32.1. The molecule has 3 heterocycles. The first-order chi connectivity index (χ1) is 13.6. The number of aromatic nitrogens is 3. The molecule has 0 fully saturated rings. The van der Waals surface area contributed by atoms with E-state index in [1.807, 2.05) is 6.07 Å². The van der Waals surface area contributed by atoms with E-state index >= 15 is 0 Å². The van der Waals surface area contributed by atoms with Gasteiger partial charge in [0.15, 0.2) is 16.7 Å². The van der Waals surface area contributed by atoms with Crippen LogP contribution in [-0.4, -0.2) is 40.3 Å². The number of aromatic amines is 1. The fourth-order valence-corrected chi connectivity index (χ4v) is 3.80. The lowest BCUT2D eigenvalue weighted by molar-refractivity contribution is 0.311. The van der Waals surface area contributed by atoms with E-state index < -0.39 is 11.6 Å². The minimum Gasteiger partial charge on any atom is -0.493 e. The molecule has 0 aliphatic rings. The summed E-state index contributed by atoms with van der Waals surface area (Å²) in [6.07, 6.45) is 5.07. The van der Waals surface area contributed by atoms with Crippen molar-refractivity contribution in [2.75, 3.05) is 25.6 Å². The number of halogens is 2. The van der Waals surface area contributed by atoms with Crippen LogP contribution in [0.2, 0.25) is 0 Å². The molecule has 0 amide bonds. The van der Waals surface area contributed by atoms with Crippen molar-refractivity contribution in [1.29, 1.82) is 0 Å². The van der Waals surface area contributed by atoms with Crippen molar-refractivity contribution in [3.05, 3.63) is 48.4 Å². The van der Waals surface area contributed by atoms with Crippen molar-refractivity contribution in [2.24, 2.45) is 0 Å². The van der Waals surface area contributed by atoms with Crippen LogP contribution < -0.4 is 10.1 Å². The number of ether oxygens (including phenoxy) is 1. The molecule has 4 rings (SSSR count). The SMILES string of the molecule is COc1c(F)cc(F)cc1-c1c[nH]c2ncc(-c3cnc(NCCO)s3)cc12. The molecule has 0 bridgehead atoms. The van der Waals surface area contributed by atoms with E-state index in [1.54, 1.807) is 18.6 Å². The number of methoxy groups -OCH3 is 1. The van der Waals surface area contributed by atoms with Gasteiger partial charge in [0.25, 0.3) is 0 Å². The number of fused-ring (bicyclic) bond motifs is 1. The van der Waals surface area contributed by atoms with Crippen LogP contribution in [0.15, 0.2) is 36.8 Å². The van der Waals surface area contributed by atoms with E-state index in [2.05, 4.69) is 20.3 Å². The van der Waals surface area contributed by atoms with Gasteiger partial charge in [-0.05, 0) is 12.1 Å². The molecule has 0 aliphatic carbocycles. The van der Waals surface area contributed by atoms with E-state index in [0.29, 0.717) is 33.8 Å². The molecule has 1 aromatic carbocycles. The summed E-state index contributed by atoms with van der Waals surface area (Å²) >= 11 is 1.42. The smallest absolute Gasteiger partial charge is 0.183 e. The molecule has 0 saturated carbocycles. The van der Waals surface area contributed by atoms with Gasteiger partial charge in [-0.25, -0.2) is 18.7 Å². The maximum atomic E-state index is 14.1. The molecule has 4 aromatic rings. The average Bonchev–Trinajstić information content (AvgIpc) is 3.32. The number of benzene rings is 1. The predicted octanol–water partition coefficient (Wildman–Crippen LogP) is 4.04. The highest BCUT2D eigenvalue weighted by Crippen LogP contribution is 2.39. The van der Waals surface area contributed by atoms with Gasteiger partial charge in [-0.2, -0.15) is 0 Å². The maximum absolute atomic E-state index is 14.1. The third-order valence-electron chi connectivity index (χ3n) is 4.21. The Balaban J connectivity index is 1.81. The van der Waals surface area contributed by atoms with Gasteiger partial charge in [0.1, 0.15) is 11.5 Å². The molecule has 0 spiro atoms. The van der Waals surface area contributed by atoms with Crippen molar-refractivity contribution in [2.45, 2.75) is 0 Å². The Kier molecular flexibility index (Phi) is 4.93. The number of nitrogens with zero attached hydrogens (tertiary/aromatic N) is 2. The first-order valence-electron chi connectivity index (χ1n) is 8.42. The quantitative estimate of drug-likeness (QED) is 0.453. The Morgan fingerprint density at radius 2 is 2.04 bits per heavy atom. The number of rotatable bonds is 6. The second kappa shape index (κ2) is 7.53. The summed E-state index contributed by atoms with van der Waals surface area (Å²) < 4.78 is 33.1. The largest absolute Gasteiger partial charge is 0.493 e. The second-order valence-electron chi connectivity index (χ2n) is 5.97. The van der Waals surface area contributed by atoms with Crippen molar-refractivity contribution in [1.82, 2.24) is 15.0 Å². The van der Waals surface area contributed by atoms with Crippen LogP contribution in [0.5, 0.6) is 5.75 Å². The number of hydrogen-bond donors (Lipinski definition) is 3. The van der Waals surface area contributed by atoms with E-state index in [9.17, 15) is 8.78 Å². The summed E-state index contributed by atoms with van der Waals surface area (Å²) in [4.78, 5) is 12.6. The van der Waals surface area contributed by atoms with Crippen molar-refractivity contribution >= 4 is 27.5 Å². The van der Waals surface area contributed by atoms with Crippen LogP contribution in [0.1, 0.15) is 0 Å². The first-order valence-corrected chi connectivity index (χ1v) is 9.24. The number of aliphatic hydroxyl groups excluding tert-OH is 1. The second-order valence-corrected chi connectivity index (χ2v) is 7.00. The number of pyridine rings is 1. The van der Waals surface area contributed by atoms with Crippen molar-refractivity contribution in [3.63, 3.8) is 0 Å². The molecule has 28 heavy (non-hydrogen) atoms. The minimum absolute atomic E-state index is 0.0150. The third-order valence-corrected chi connectivity index (χ3v) is 5.22. The topological polar surface area (TPSA) is 83.1 Å². The molecule has 0 radical (unpaired) electrons. The summed E-state index contributed by atoms with van der Waals surface area (Å²) in [5, 5.41) is 13.3. The van der Waals surface area contributed by atoms with E-state index in [-0.39, 0.29) is 12.4 Å². The zero-order chi connectivity index (χ0) is 19.7. The van der Waals surface area contributed by atoms with Crippen LogP contribution >= 0.6 is 11.3 Å². The molecule has 3 aromatic heterocycles. The standard InChI is InChI=1S/C19H16F2N4O2S/c1-27-17-12(5-11(20)6-15(17)21)14-8-24-18-13(14)4-10(7-23-18)16-9-25-19(28-16)22-2-3-26/h4-9,26H,2-3H2,1H3,(H,22,25)(H,23,24). The van der Waals surface area contributed by atoms with E-state index in [1.165, 1.54) is 24.5 Å². The summed E-state index contributed by atoms with van der Waals surface area (Å²) in [7, 11) is 1.34. The lowest BCUT2D eigenvalue weighted by atomic mass is 10.0. The number of H-pyrrole nitrogens is 1. The Bertz CT molecular complexity index is 1140. The van der Waals surface area contributed by atoms with Gasteiger partial charge in [-0.3, -0.25) is 0 Å². The number of nitrogens with one attached hydrogen (secondary N) is 2. The van der Waals surface area contributed by atoms with Crippen LogP contribution in [0, 0.1) is 11.6 Å². The fourth-order valence-electron chi connectivity index (χ4n) is 2.98. The molecule has 144 valence electrons. The number of aliphatic hydroxyl groups is 1. The van der Waals surface area contributed by atoms with Crippen molar-refractivity contribution < 1.29 is 18.6 Å². The third kappa shape index (κ3) is 3.30. The number of hydrogen-bond acceptors (Lipinski definition) is 6. The molecule has 0 unspecified atom stereocenters. The Morgan fingerprint density at radius 1 is 1.18 bits per heavy atom. The lowest BCUT2D eigenvalue weighted by Gasteiger charge is -2.09. The fraction of sp³-hybridized carbons (Fsp3) is 0.158. The van der Waals surface area contributed by atoms with Crippen LogP contribution in [0.4, 0.5) is 13.9 Å². The molecule has 0 aliphatic heterocycles. The van der Waals surface area contributed by atoms with Crippen LogP contribution in [0.25, 0.3) is 32.6 Å². The monoisotopic (exact) mass is 402 g/mol. The molecule has 0 saturated heterocycles. The van der Waals surface area contributed by atoms with Gasteiger partial charge >= 0.3 is 0 Å². The normalized spacial score (nSPS) is 11.1. The number of thiazole rings is 1. The van der Waals surface area contributed by atoms with E-state index in [0.717, 1.165) is 16.5 Å². The molecule has 3 N–H and O–H groups in total. The highest BCUT2D eigenvalue weighted by molar-refractivity contribution is 7.18. The van der Waals surface area contributed by atoms with Gasteiger partial charge in [0, 0.05) is 53.3 Å². The predicted molar refractivity (Wildman–Crippen MR) is 105 cm³/mol. The summed E-state index contributed by atoms with van der Waals surface area (Å²) in [6.45, 7) is 0.429. The van der Waals surface area contributed by atoms with Crippen LogP contribution in [-0.2, 0) is 0 Å². The maximum Gasteiger partial charge on any atom is 0.183 e. The molecular weight excluding hydrogens is 386 g/mol. The summed E-state index contributed by atoms with van der Waals surface area (Å²) in [6, 6.07) is 3.92. The van der Waals surface area contributed by atoms with Gasteiger partial charge < -0.3 is 20.1 Å². The zero-order valence-corrected chi connectivity index (χ0v) is 15.6. The lowest BCUT2D eigenvalue weighted by Crippen LogP contribution is -2.04. The van der Waals surface area contributed by atoms with Crippen molar-refractivity contribution in [3.8, 4) is 27.3 Å². The van der Waals surface area contributed by atoms with Gasteiger partial charge in [0.05, 0.1) is 18.6 Å². The first kappa shape index (κ1) is 18.3. The Hall–Kier alpha value is -3.04. The van der Waals surface area contributed by atoms with Crippen LogP contribution in [0.3, 0.4) is 0 Å². The molecule has 9 heteroatoms. The summed E-state index contributed by atoms with van der Waals surface area (Å²) in [5.41, 5.74) is 2.30. The van der Waals surface area contributed by atoms with Gasteiger partial charge in [0.2, 0.25) is 0 Å². The summed E-state index contributed by atoms with van der Waals surface area (Å²) in [5.74, 6) is -1.48. The molecule has 0 atom stereocenters. The highest BCUT2D eigenvalue weighted by Gasteiger charge is 2.18. The number of anilines is 1. The Labute approximate surface area is 162 Å². The van der Waals surface area contributed by atoms with E-state index in [4.69, 9.17) is 9.84 Å². The van der Waals surface area contributed by atoms with Gasteiger partial charge in [-0.1, -0.05) is 11.3 Å².